The molecule has 0 fully saturated rings. The quantitative estimate of drug-likeness (QED) is 0.745. The van der Waals surface area contributed by atoms with Gasteiger partial charge in [0.2, 0.25) is 0 Å². The minimum atomic E-state index is -0.519. The SMILES string of the molecule is CCOC(=O)C1=C(CN(C)CC)N(C)C(=O)NC1c1ccc(C(C)C)cc1. The number of carbonyl (C=O) groups excluding carboxylic acids is 2. The highest BCUT2D eigenvalue weighted by molar-refractivity contribution is 5.95. The summed E-state index contributed by atoms with van der Waals surface area (Å²) in [6.45, 7) is 9.68. The number of amides is 2. The zero-order valence-corrected chi connectivity index (χ0v) is 17.2. The first-order chi connectivity index (χ1) is 12.8. The van der Waals surface area contributed by atoms with Crippen molar-refractivity contribution in [2.45, 2.75) is 39.7 Å². The summed E-state index contributed by atoms with van der Waals surface area (Å²) in [6, 6.07) is 7.31. The molecule has 0 radical (unpaired) electrons. The van der Waals surface area contributed by atoms with Crippen LogP contribution in [0.2, 0.25) is 0 Å². The molecule has 0 aromatic heterocycles. The predicted molar refractivity (Wildman–Crippen MR) is 106 cm³/mol. The van der Waals surface area contributed by atoms with Crippen LogP contribution in [-0.2, 0) is 9.53 Å². The van der Waals surface area contributed by atoms with Crippen molar-refractivity contribution >= 4 is 12.0 Å². The number of likely N-dealkylation sites (N-methyl/N-ethyl adjacent to an activating group) is 2. The topological polar surface area (TPSA) is 61.9 Å². The molecule has 1 aliphatic rings. The van der Waals surface area contributed by atoms with E-state index in [9.17, 15) is 9.59 Å². The molecule has 1 atom stereocenters. The van der Waals surface area contributed by atoms with Gasteiger partial charge in [0.25, 0.3) is 0 Å². The van der Waals surface area contributed by atoms with Crippen LogP contribution in [0, 0.1) is 0 Å². The van der Waals surface area contributed by atoms with Gasteiger partial charge in [-0.2, -0.15) is 0 Å². The third kappa shape index (κ3) is 4.69. The first-order valence-corrected chi connectivity index (χ1v) is 9.52. The summed E-state index contributed by atoms with van der Waals surface area (Å²) >= 11 is 0. The number of carbonyl (C=O) groups is 2. The van der Waals surface area contributed by atoms with Crippen molar-refractivity contribution in [3.63, 3.8) is 0 Å². The first-order valence-electron chi connectivity index (χ1n) is 9.52. The number of benzene rings is 1. The maximum atomic E-state index is 12.8. The zero-order chi connectivity index (χ0) is 20.1. The molecule has 1 aromatic rings. The fourth-order valence-electron chi connectivity index (χ4n) is 3.09. The minimum absolute atomic E-state index is 0.222. The Morgan fingerprint density at radius 1 is 1.26 bits per heavy atom. The zero-order valence-electron chi connectivity index (χ0n) is 17.2. The van der Waals surface area contributed by atoms with E-state index >= 15 is 0 Å². The molecule has 1 aliphatic heterocycles. The molecule has 6 heteroatoms. The first kappa shape index (κ1) is 21.0. The third-order valence-electron chi connectivity index (χ3n) is 4.97. The van der Waals surface area contributed by atoms with E-state index in [-0.39, 0.29) is 18.6 Å². The second-order valence-electron chi connectivity index (χ2n) is 7.17. The fourth-order valence-corrected chi connectivity index (χ4v) is 3.09. The van der Waals surface area contributed by atoms with E-state index in [0.717, 1.165) is 12.1 Å². The Morgan fingerprint density at radius 2 is 1.89 bits per heavy atom. The van der Waals surface area contributed by atoms with Gasteiger partial charge in [-0.3, -0.25) is 4.90 Å². The maximum absolute atomic E-state index is 12.8. The third-order valence-corrected chi connectivity index (χ3v) is 4.97. The molecule has 6 nitrogen and oxygen atoms in total. The molecule has 0 bridgehead atoms. The van der Waals surface area contributed by atoms with E-state index in [4.69, 9.17) is 4.74 Å². The average molecular weight is 373 g/mol. The molecule has 27 heavy (non-hydrogen) atoms. The highest BCUT2D eigenvalue weighted by Crippen LogP contribution is 2.32. The molecule has 1 N–H and O–H groups in total. The van der Waals surface area contributed by atoms with Gasteiger partial charge in [0.15, 0.2) is 0 Å². The highest BCUT2D eigenvalue weighted by Gasteiger charge is 2.36. The fraction of sp³-hybridized carbons (Fsp3) is 0.524. The molecule has 0 spiro atoms. The molecule has 1 heterocycles. The van der Waals surface area contributed by atoms with Gasteiger partial charge in [0, 0.05) is 19.3 Å². The molecular formula is C21H31N3O3. The average Bonchev–Trinajstić information content (AvgIpc) is 2.65. The smallest absolute Gasteiger partial charge is 0.338 e. The molecule has 1 unspecified atom stereocenters. The number of nitrogens with zero attached hydrogens (tertiary/aromatic N) is 2. The van der Waals surface area contributed by atoms with Gasteiger partial charge in [0.1, 0.15) is 0 Å². The van der Waals surface area contributed by atoms with Gasteiger partial charge in [-0.05, 0) is 37.6 Å². The van der Waals surface area contributed by atoms with Crippen molar-refractivity contribution in [3.8, 4) is 0 Å². The lowest BCUT2D eigenvalue weighted by atomic mass is 9.92. The number of esters is 1. The summed E-state index contributed by atoms with van der Waals surface area (Å²) < 4.78 is 5.33. The Morgan fingerprint density at radius 3 is 2.41 bits per heavy atom. The van der Waals surface area contributed by atoms with Gasteiger partial charge in [-0.25, -0.2) is 9.59 Å². The predicted octanol–water partition coefficient (Wildman–Crippen LogP) is 3.28. The Kier molecular flexibility index (Phi) is 7.02. The van der Waals surface area contributed by atoms with Gasteiger partial charge in [-0.15, -0.1) is 0 Å². The van der Waals surface area contributed by atoms with Crippen LogP contribution in [0.1, 0.15) is 50.8 Å². The number of urea groups is 1. The molecule has 1 aromatic carbocycles. The highest BCUT2D eigenvalue weighted by atomic mass is 16.5. The monoisotopic (exact) mass is 373 g/mol. The lowest BCUT2D eigenvalue weighted by molar-refractivity contribution is -0.139. The number of hydrogen-bond donors (Lipinski definition) is 1. The van der Waals surface area contributed by atoms with E-state index < -0.39 is 6.04 Å². The molecule has 2 rings (SSSR count). The molecule has 0 saturated heterocycles. The maximum Gasteiger partial charge on any atom is 0.338 e. The normalized spacial score (nSPS) is 17.6. The van der Waals surface area contributed by atoms with Crippen LogP contribution < -0.4 is 5.32 Å². The second-order valence-corrected chi connectivity index (χ2v) is 7.17. The van der Waals surface area contributed by atoms with Crippen LogP contribution in [0.15, 0.2) is 35.5 Å². The minimum Gasteiger partial charge on any atom is -0.463 e. The van der Waals surface area contributed by atoms with Gasteiger partial charge >= 0.3 is 12.0 Å². The molecule has 148 valence electrons. The van der Waals surface area contributed by atoms with Crippen LogP contribution in [0.3, 0.4) is 0 Å². The molecule has 2 amide bonds. The van der Waals surface area contributed by atoms with Crippen LogP contribution in [0.25, 0.3) is 0 Å². The standard InChI is InChI=1S/C21H31N3O3/c1-7-23(5)13-17-18(20(25)27-8-2)19(22-21(26)24(17)6)16-11-9-15(10-12-16)14(3)4/h9-12,14,19H,7-8,13H2,1-6H3,(H,22,26). The van der Waals surface area contributed by atoms with Crippen LogP contribution in [-0.4, -0.2) is 55.6 Å². The molecule has 0 aliphatic carbocycles. The summed E-state index contributed by atoms with van der Waals surface area (Å²) in [4.78, 5) is 29.0. The summed E-state index contributed by atoms with van der Waals surface area (Å²) in [5.41, 5.74) is 3.27. The number of rotatable bonds is 7. The van der Waals surface area contributed by atoms with Gasteiger partial charge in [-0.1, -0.05) is 45.0 Å². The van der Waals surface area contributed by atoms with Crippen molar-refractivity contribution in [1.82, 2.24) is 15.1 Å². The number of hydrogen-bond acceptors (Lipinski definition) is 4. The summed E-state index contributed by atoms with van der Waals surface area (Å²) in [5.74, 6) is 0.0294. The van der Waals surface area contributed by atoms with Crippen molar-refractivity contribution in [1.29, 1.82) is 0 Å². The van der Waals surface area contributed by atoms with Crippen molar-refractivity contribution in [2.75, 3.05) is 33.8 Å². The number of ether oxygens (including phenoxy) is 1. The van der Waals surface area contributed by atoms with E-state index in [0.29, 0.717) is 23.7 Å². The van der Waals surface area contributed by atoms with Gasteiger partial charge in [0.05, 0.1) is 18.2 Å². The second kappa shape index (κ2) is 9.04. The van der Waals surface area contributed by atoms with Crippen LogP contribution in [0.5, 0.6) is 0 Å². The molecular weight excluding hydrogens is 342 g/mol. The molecule has 0 saturated carbocycles. The van der Waals surface area contributed by atoms with E-state index in [1.807, 2.05) is 38.2 Å². The van der Waals surface area contributed by atoms with Crippen molar-refractivity contribution in [3.05, 3.63) is 46.7 Å². The van der Waals surface area contributed by atoms with Crippen molar-refractivity contribution < 1.29 is 14.3 Å². The summed E-state index contributed by atoms with van der Waals surface area (Å²) in [6.07, 6.45) is 0. The van der Waals surface area contributed by atoms with E-state index in [2.05, 4.69) is 24.1 Å². The van der Waals surface area contributed by atoms with Crippen LogP contribution >= 0.6 is 0 Å². The van der Waals surface area contributed by atoms with E-state index in [1.165, 1.54) is 10.5 Å². The Bertz CT molecular complexity index is 710. The Labute approximate surface area is 162 Å². The summed E-state index contributed by atoms with van der Waals surface area (Å²) in [7, 11) is 3.65. The Balaban J connectivity index is 2.54. The lowest BCUT2D eigenvalue weighted by Gasteiger charge is -2.36. The van der Waals surface area contributed by atoms with Gasteiger partial charge < -0.3 is 15.0 Å². The summed E-state index contributed by atoms with van der Waals surface area (Å²) in [5, 5.41) is 2.95. The largest absolute Gasteiger partial charge is 0.463 e. The lowest BCUT2D eigenvalue weighted by Crippen LogP contribution is -2.49. The van der Waals surface area contributed by atoms with Crippen LogP contribution in [0.4, 0.5) is 4.79 Å². The Hall–Kier alpha value is -2.34. The number of nitrogens with one attached hydrogen (secondary N) is 1. The van der Waals surface area contributed by atoms with Crippen molar-refractivity contribution in [2.24, 2.45) is 0 Å². The van der Waals surface area contributed by atoms with E-state index in [1.54, 1.807) is 14.0 Å².